The number of rotatable bonds is 20. The largest absolute Gasteiger partial charge is 0.394 e. The monoisotopic (exact) mass is 1170 g/mol. The van der Waals surface area contributed by atoms with Crippen molar-refractivity contribution in [2.45, 2.75) is 218 Å². The van der Waals surface area contributed by atoms with E-state index in [2.05, 4.69) is 21.3 Å². The van der Waals surface area contributed by atoms with Crippen molar-refractivity contribution in [1.82, 2.24) is 21.3 Å². The van der Waals surface area contributed by atoms with Gasteiger partial charge in [0.25, 0.3) is 0 Å². The summed E-state index contributed by atoms with van der Waals surface area (Å²) in [6.07, 6.45) is -47.3. The van der Waals surface area contributed by atoms with Crippen LogP contribution >= 0.6 is 0 Å². The Hall–Kier alpha value is -3.20. The standard InChI is InChI=1S/C45H76N4O31/c1-12-23(46-13(2)56)37(28(61)18(7-51)70-12)76-42-26(49-16(5)59)33(66)36(22(11-55)74-42)80-45(69)40(68)39(30(63)20(9-53)79-45)78-43-25(48-15(4)58)32(65)35(21(10-54)73-43)75-44-34(67)38(29(62)19(8-52)72-44)77-41-24(47-14(3)57)31(64)27(60)17(6-50)71-41/h12,17-44,50-55,60-69H,6-11H2,1-5H3,(H,46,56)(H,47,57)(H,48,58)(H,49,59)/t12-,17?,18?,19?,20?,21?,22?,23?,24?,25?,26?,27+,28-,29-,30-,31+,32+,33+,34?,35+,36+,37+,38-,39-,40?,41-,42-,43-,44-,45+/m0/s1. The maximum absolute atomic E-state index is 12.7. The van der Waals surface area contributed by atoms with Gasteiger partial charge in [-0.05, 0) is 6.92 Å². The highest BCUT2D eigenvalue weighted by Gasteiger charge is 2.62. The second kappa shape index (κ2) is 28.1. The lowest BCUT2D eigenvalue weighted by atomic mass is 9.92. The Labute approximate surface area is 455 Å². The lowest BCUT2D eigenvalue weighted by Gasteiger charge is -2.52. The first-order valence-corrected chi connectivity index (χ1v) is 25.5. The fourth-order valence-electron chi connectivity index (χ4n) is 10.4. The number of hydrogen-bond acceptors (Lipinski definition) is 31. The average Bonchev–Trinajstić information content (AvgIpc) is 3.40. The Bertz CT molecular complexity index is 2040. The molecule has 6 fully saturated rings. The summed E-state index contributed by atoms with van der Waals surface area (Å²) >= 11 is 0. The number of carbonyl (C=O) groups is 4. The Balaban J connectivity index is 1.24. The SMILES string of the molecule is CC(=O)NC1[C@H](O[C@@H]2C(O)[C@H](O[C@@H]3C(CO)O[C@@H](O[C@@H]4C(O)[C@](O)(O[C@@H]5C(CO)O[C@@H](O[C@@H]6C(NC(C)=O)[C@H](C)OC(CO)[C@@H]6O)C(NC(C)=O)[C@H]5O)OC(CO)[C@@H]4O)C(NC(C)=O)[C@H]3O)OC(CO)[C@@H]2O)OC(CO)[C@@H](O)[C@@H]1O. The predicted molar refractivity (Wildman–Crippen MR) is 250 cm³/mol. The van der Waals surface area contributed by atoms with Crippen LogP contribution < -0.4 is 21.3 Å². The molecule has 4 amide bonds. The molecular weight excluding hydrogens is 1090 g/mol. The van der Waals surface area contributed by atoms with Crippen LogP contribution in [0.25, 0.3) is 0 Å². The smallest absolute Gasteiger partial charge is 0.311 e. The fourth-order valence-corrected chi connectivity index (χ4v) is 10.4. The van der Waals surface area contributed by atoms with E-state index in [9.17, 15) is 101 Å². The van der Waals surface area contributed by atoms with E-state index >= 15 is 0 Å². The molecule has 0 radical (unpaired) electrons. The first kappa shape index (κ1) is 65.9. The van der Waals surface area contributed by atoms with Crippen LogP contribution in [0.4, 0.5) is 0 Å². The van der Waals surface area contributed by atoms with E-state index in [4.69, 9.17) is 52.1 Å². The van der Waals surface area contributed by atoms with Gasteiger partial charge in [-0.1, -0.05) is 0 Å². The van der Waals surface area contributed by atoms with Crippen molar-refractivity contribution in [3.8, 4) is 0 Å². The number of carbonyl (C=O) groups excluding carboxylic acids is 4. The van der Waals surface area contributed by atoms with Crippen molar-refractivity contribution in [1.29, 1.82) is 0 Å². The first-order valence-electron chi connectivity index (χ1n) is 25.5. The predicted octanol–water partition coefficient (Wildman–Crippen LogP) is -13.1. The second-order valence-electron chi connectivity index (χ2n) is 20.2. The molecule has 0 aromatic rings. The van der Waals surface area contributed by atoms with Crippen molar-refractivity contribution in [3.63, 3.8) is 0 Å². The van der Waals surface area contributed by atoms with Gasteiger partial charge in [0.1, 0.15) is 134 Å². The van der Waals surface area contributed by atoms with Gasteiger partial charge in [-0.2, -0.15) is 0 Å². The zero-order valence-corrected chi connectivity index (χ0v) is 43.8. The number of hydrogen-bond donors (Lipinski definition) is 20. The Morgan fingerprint density at radius 3 is 1.23 bits per heavy atom. The third-order valence-electron chi connectivity index (χ3n) is 14.4. The van der Waals surface area contributed by atoms with Gasteiger partial charge in [-0.3, -0.25) is 19.2 Å². The van der Waals surface area contributed by atoms with Crippen molar-refractivity contribution in [2.75, 3.05) is 39.6 Å². The minimum Gasteiger partial charge on any atom is -0.394 e. The molecule has 6 rings (SSSR count). The summed E-state index contributed by atoms with van der Waals surface area (Å²) in [5.74, 6) is -6.64. The zero-order chi connectivity index (χ0) is 59.4. The summed E-state index contributed by atoms with van der Waals surface area (Å²) in [6, 6.07) is -6.40. The van der Waals surface area contributed by atoms with Gasteiger partial charge in [0, 0.05) is 27.7 Å². The quantitative estimate of drug-likeness (QED) is 0.0503. The maximum Gasteiger partial charge on any atom is 0.311 e. The molecule has 0 saturated carbocycles. The van der Waals surface area contributed by atoms with E-state index in [0.717, 1.165) is 27.7 Å². The number of nitrogens with one attached hydrogen (secondary N) is 4. The molecule has 80 heavy (non-hydrogen) atoms. The minimum absolute atomic E-state index is 0.598. The number of amides is 4. The van der Waals surface area contributed by atoms with E-state index in [-0.39, 0.29) is 0 Å². The highest BCUT2D eigenvalue weighted by molar-refractivity contribution is 5.74. The highest BCUT2D eigenvalue weighted by atomic mass is 16.9. The van der Waals surface area contributed by atoms with Crippen LogP contribution in [0.1, 0.15) is 34.6 Å². The fraction of sp³-hybridized carbons (Fsp3) is 0.911. The molecule has 35 nitrogen and oxygen atoms in total. The summed E-state index contributed by atoms with van der Waals surface area (Å²) < 4.78 is 63.6. The lowest BCUT2D eigenvalue weighted by Crippen LogP contribution is -2.73. The van der Waals surface area contributed by atoms with Crippen LogP contribution in [0.5, 0.6) is 0 Å². The summed E-state index contributed by atoms with van der Waals surface area (Å²) in [6.45, 7) is -0.336. The molecule has 0 aromatic carbocycles. The van der Waals surface area contributed by atoms with Crippen molar-refractivity contribution in [3.05, 3.63) is 0 Å². The van der Waals surface area contributed by atoms with Gasteiger partial charge in [0.15, 0.2) is 31.3 Å². The summed E-state index contributed by atoms with van der Waals surface area (Å²) in [5, 5.41) is 186. The average molecular weight is 1170 g/mol. The lowest BCUT2D eigenvalue weighted by molar-refractivity contribution is -0.479. The maximum atomic E-state index is 12.7. The number of aliphatic hydroxyl groups is 16. The van der Waals surface area contributed by atoms with Gasteiger partial charge in [-0.25, -0.2) is 0 Å². The zero-order valence-electron chi connectivity index (χ0n) is 43.8. The van der Waals surface area contributed by atoms with E-state index in [1.165, 1.54) is 6.92 Å². The van der Waals surface area contributed by atoms with E-state index in [1.807, 2.05) is 0 Å². The van der Waals surface area contributed by atoms with Crippen LogP contribution in [0.2, 0.25) is 0 Å². The molecule has 462 valence electrons. The minimum atomic E-state index is -3.53. The molecule has 12 unspecified atom stereocenters. The van der Waals surface area contributed by atoms with E-state index < -0.39 is 247 Å². The van der Waals surface area contributed by atoms with Crippen LogP contribution in [0.3, 0.4) is 0 Å². The molecule has 20 N–H and O–H groups in total. The third-order valence-corrected chi connectivity index (χ3v) is 14.4. The van der Waals surface area contributed by atoms with E-state index in [1.54, 1.807) is 0 Å². The molecule has 35 heteroatoms. The van der Waals surface area contributed by atoms with Crippen LogP contribution in [0, 0.1) is 0 Å². The highest BCUT2D eigenvalue weighted by Crippen LogP contribution is 2.39. The molecular formula is C45H76N4O31. The van der Waals surface area contributed by atoms with Gasteiger partial charge in [-0.15, -0.1) is 0 Å². The molecule has 6 heterocycles. The molecule has 0 spiro atoms. The van der Waals surface area contributed by atoms with Crippen molar-refractivity contribution >= 4 is 23.6 Å². The number of ether oxygens (including phenoxy) is 11. The Morgan fingerprint density at radius 1 is 0.388 bits per heavy atom. The second-order valence-corrected chi connectivity index (χ2v) is 20.2. The third kappa shape index (κ3) is 14.3. The Morgan fingerprint density at radius 2 is 0.738 bits per heavy atom. The van der Waals surface area contributed by atoms with Gasteiger partial charge in [0.2, 0.25) is 23.6 Å². The van der Waals surface area contributed by atoms with Crippen LogP contribution in [0.15, 0.2) is 0 Å². The van der Waals surface area contributed by atoms with Crippen molar-refractivity contribution < 1.29 is 153 Å². The number of aliphatic hydroxyl groups excluding tert-OH is 15. The van der Waals surface area contributed by atoms with E-state index in [0.29, 0.717) is 0 Å². The summed E-state index contributed by atoms with van der Waals surface area (Å²) in [4.78, 5) is 49.6. The molecule has 30 atom stereocenters. The topological polar surface area (TPSA) is 542 Å². The van der Waals surface area contributed by atoms with Crippen molar-refractivity contribution in [2.24, 2.45) is 0 Å². The molecule has 6 saturated heterocycles. The van der Waals surface area contributed by atoms with Gasteiger partial charge < -0.3 is 155 Å². The van der Waals surface area contributed by atoms with Gasteiger partial charge >= 0.3 is 5.97 Å². The molecule has 0 aliphatic carbocycles. The molecule has 6 aliphatic heterocycles. The first-order chi connectivity index (χ1) is 37.7. The molecule has 0 aromatic heterocycles. The summed E-state index contributed by atoms with van der Waals surface area (Å²) in [7, 11) is 0. The molecule has 0 bridgehead atoms. The summed E-state index contributed by atoms with van der Waals surface area (Å²) in [5.41, 5.74) is 0. The molecule has 6 aliphatic rings. The van der Waals surface area contributed by atoms with Gasteiger partial charge in [0.05, 0.1) is 51.8 Å². The Kier molecular flexibility index (Phi) is 23.2. The van der Waals surface area contributed by atoms with Crippen LogP contribution in [-0.4, -0.2) is 328 Å². The van der Waals surface area contributed by atoms with Crippen LogP contribution in [-0.2, 0) is 71.3 Å². The normalized spacial score (nSPS) is 47.2.